The van der Waals surface area contributed by atoms with Gasteiger partial charge < -0.3 is 10.6 Å². The highest BCUT2D eigenvalue weighted by Crippen LogP contribution is 2.29. The molecule has 0 spiro atoms. The Hall–Kier alpha value is -0.970. The van der Waals surface area contributed by atoms with Crippen LogP contribution in [0.2, 0.25) is 0 Å². The quantitative estimate of drug-likeness (QED) is 0.572. The van der Waals surface area contributed by atoms with Crippen LogP contribution in [-0.4, -0.2) is 41.7 Å². The summed E-state index contributed by atoms with van der Waals surface area (Å²) in [5.74, 6) is 1.62. The first-order valence-corrected chi connectivity index (χ1v) is 5.89. The molecule has 1 heterocycles. The van der Waals surface area contributed by atoms with Crippen molar-refractivity contribution in [2.24, 2.45) is 10.7 Å². The maximum Gasteiger partial charge on any atom is 0.239 e. The van der Waals surface area contributed by atoms with Crippen LogP contribution in [0.3, 0.4) is 0 Å². The van der Waals surface area contributed by atoms with Crippen molar-refractivity contribution in [1.29, 1.82) is 0 Å². The van der Waals surface area contributed by atoms with Crippen molar-refractivity contribution < 1.29 is 4.79 Å². The molecule has 1 saturated heterocycles. The molecule has 15 heavy (non-hydrogen) atoms. The lowest BCUT2D eigenvalue weighted by Gasteiger charge is -2.09. The topological polar surface area (TPSA) is 58.7 Å². The van der Waals surface area contributed by atoms with E-state index in [0.717, 1.165) is 24.3 Å². The normalized spacial score (nSPS) is 22.7. The Labute approximate surface area is 94.6 Å². The van der Waals surface area contributed by atoms with Gasteiger partial charge in [-0.15, -0.1) is 11.8 Å². The second kappa shape index (κ2) is 5.21. The molecule has 1 unspecified atom stereocenters. The fourth-order valence-electron chi connectivity index (χ4n) is 1.36. The fraction of sp³-hybridized carbons (Fsp3) is 0.600. The minimum Gasteiger partial charge on any atom is -0.387 e. The Morgan fingerprint density at radius 2 is 2.47 bits per heavy atom. The number of hydrogen-bond donors (Lipinski definition) is 1. The van der Waals surface area contributed by atoms with Crippen LogP contribution in [0.5, 0.6) is 0 Å². The summed E-state index contributed by atoms with van der Waals surface area (Å²) >= 11 is 1.63. The molecule has 1 amide bonds. The summed E-state index contributed by atoms with van der Waals surface area (Å²) in [7, 11) is 3.45. The highest BCUT2D eigenvalue weighted by atomic mass is 32.2. The average Bonchev–Trinajstić information content (AvgIpc) is 2.46. The van der Waals surface area contributed by atoms with Gasteiger partial charge in [0, 0.05) is 38.4 Å². The summed E-state index contributed by atoms with van der Waals surface area (Å²) in [6.07, 6.45) is 1.49. The molecule has 84 valence electrons. The molecule has 5 heteroatoms. The molecule has 1 rings (SSSR count). The van der Waals surface area contributed by atoms with E-state index in [4.69, 9.17) is 5.73 Å². The summed E-state index contributed by atoms with van der Waals surface area (Å²) in [5.41, 5.74) is 6.47. The number of nitrogens with zero attached hydrogens (tertiary/aromatic N) is 2. The predicted molar refractivity (Wildman–Crippen MR) is 64.9 cm³/mol. The van der Waals surface area contributed by atoms with Gasteiger partial charge in [-0.1, -0.05) is 6.58 Å². The molecule has 0 aromatic carbocycles. The summed E-state index contributed by atoms with van der Waals surface area (Å²) in [6.45, 7) is 3.84. The van der Waals surface area contributed by atoms with Gasteiger partial charge in [0.05, 0.1) is 11.1 Å². The molecule has 0 aromatic heterocycles. The number of amides is 1. The zero-order valence-electron chi connectivity index (χ0n) is 9.19. The van der Waals surface area contributed by atoms with E-state index in [1.54, 1.807) is 30.8 Å². The predicted octanol–water partition coefficient (Wildman–Crippen LogP) is 0.841. The standard InChI is InChI=1S/C10H17N3OS/c1-7-6-8(10(14)13(7)3)15-5-4-9(11)12-2/h8H,1,4-6H2,2-3H3,(H2,11,12). The van der Waals surface area contributed by atoms with Gasteiger partial charge in [-0.3, -0.25) is 9.79 Å². The molecule has 1 atom stereocenters. The van der Waals surface area contributed by atoms with Gasteiger partial charge in [-0.25, -0.2) is 0 Å². The number of carbonyl (C=O) groups excluding carboxylic acids is 1. The first-order chi connectivity index (χ1) is 7.06. The summed E-state index contributed by atoms with van der Waals surface area (Å²) < 4.78 is 0. The number of amidine groups is 1. The lowest BCUT2D eigenvalue weighted by atomic mass is 10.3. The van der Waals surface area contributed by atoms with E-state index in [1.807, 2.05) is 0 Å². The SMILES string of the molecule is C=C1CC(SCCC(N)=NC)C(=O)N1C. The number of thioether (sulfide) groups is 1. The molecule has 1 fully saturated rings. The molecule has 1 aliphatic heterocycles. The van der Waals surface area contributed by atoms with Crippen molar-refractivity contribution in [2.45, 2.75) is 18.1 Å². The molecule has 0 aliphatic carbocycles. The van der Waals surface area contributed by atoms with Gasteiger partial charge in [-0.2, -0.15) is 0 Å². The number of rotatable bonds is 4. The van der Waals surface area contributed by atoms with Crippen LogP contribution < -0.4 is 5.73 Å². The van der Waals surface area contributed by atoms with E-state index in [1.165, 1.54) is 0 Å². The Morgan fingerprint density at radius 1 is 1.80 bits per heavy atom. The van der Waals surface area contributed by atoms with Crippen molar-refractivity contribution in [2.75, 3.05) is 19.8 Å². The van der Waals surface area contributed by atoms with Crippen LogP contribution in [0.4, 0.5) is 0 Å². The highest BCUT2D eigenvalue weighted by Gasteiger charge is 2.31. The number of aliphatic imine (C=N–C) groups is 1. The van der Waals surface area contributed by atoms with E-state index in [2.05, 4.69) is 11.6 Å². The molecule has 4 nitrogen and oxygen atoms in total. The lowest BCUT2D eigenvalue weighted by molar-refractivity contribution is -0.125. The van der Waals surface area contributed by atoms with E-state index >= 15 is 0 Å². The van der Waals surface area contributed by atoms with E-state index in [9.17, 15) is 4.79 Å². The van der Waals surface area contributed by atoms with E-state index < -0.39 is 0 Å². The van der Waals surface area contributed by atoms with Crippen LogP contribution in [0.25, 0.3) is 0 Å². The minimum absolute atomic E-state index is 0.0205. The van der Waals surface area contributed by atoms with Crippen LogP contribution in [0.1, 0.15) is 12.8 Å². The Balaban J connectivity index is 2.35. The third-order valence-electron chi connectivity index (χ3n) is 2.47. The monoisotopic (exact) mass is 227 g/mol. The average molecular weight is 227 g/mol. The number of hydrogen-bond acceptors (Lipinski definition) is 3. The van der Waals surface area contributed by atoms with Gasteiger partial charge in [-0.05, 0) is 0 Å². The third kappa shape index (κ3) is 2.99. The zero-order chi connectivity index (χ0) is 11.4. The zero-order valence-corrected chi connectivity index (χ0v) is 10.0. The Morgan fingerprint density at radius 3 is 2.93 bits per heavy atom. The molecular weight excluding hydrogens is 210 g/mol. The number of nitrogens with two attached hydrogens (primary N) is 1. The maximum absolute atomic E-state index is 11.6. The first kappa shape index (κ1) is 12.1. The van der Waals surface area contributed by atoms with E-state index in [-0.39, 0.29) is 11.2 Å². The maximum atomic E-state index is 11.6. The van der Waals surface area contributed by atoms with Gasteiger partial charge in [0.2, 0.25) is 5.91 Å². The van der Waals surface area contributed by atoms with E-state index in [0.29, 0.717) is 5.84 Å². The smallest absolute Gasteiger partial charge is 0.239 e. The lowest BCUT2D eigenvalue weighted by Crippen LogP contribution is -2.23. The first-order valence-electron chi connectivity index (χ1n) is 4.84. The summed E-state index contributed by atoms with van der Waals surface area (Å²) in [4.78, 5) is 17.1. The Kier molecular flexibility index (Phi) is 4.20. The van der Waals surface area contributed by atoms with Crippen LogP contribution in [-0.2, 0) is 4.79 Å². The molecule has 0 radical (unpaired) electrons. The number of carbonyl (C=O) groups is 1. The van der Waals surface area contributed by atoms with Crippen LogP contribution in [0.15, 0.2) is 17.3 Å². The molecule has 1 aliphatic rings. The van der Waals surface area contributed by atoms with Crippen LogP contribution in [0, 0.1) is 0 Å². The molecule has 0 saturated carbocycles. The minimum atomic E-state index is 0.0205. The largest absolute Gasteiger partial charge is 0.387 e. The second-order valence-electron chi connectivity index (χ2n) is 3.49. The Bertz CT molecular complexity index is 301. The summed E-state index contributed by atoms with van der Waals surface area (Å²) in [5, 5.41) is 0.0205. The summed E-state index contributed by atoms with van der Waals surface area (Å²) in [6, 6.07) is 0. The molecule has 2 N–H and O–H groups in total. The molecule has 0 bridgehead atoms. The van der Waals surface area contributed by atoms with Crippen molar-refractivity contribution in [3.8, 4) is 0 Å². The third-order valence-corrected chi connectivity index (χ3v) is 3.68. The molecular formula is C10H17N3OS. The molecule has 0 aromatic rings. The number of allylic oxidation sites excluding steroid dienone is 1. The van der Waals surface area contributed by atoms with Gasteiger partial charge in [0.1, 0.15) is 0 Å². The van der Waals surface area contributed by atoms with Gasteiger partial charge >= 0.3 is 0 Å². The van der Waals surface area contributed by atoms with Crippen molar-refractivity contribution in [3.05, 3.63) is 12.3 Å². The van der Waals surface area contributed by atoms with Crippen molar-refractivity contribution in [3.63, 3.8) is 0 Å². The fourth-order valence-corrected chi connectivity index (χ4v) is 2.58. The van der Waals surface area contributed by atoms with Gasteiger partial charge in [0.15, 0.2) is 0 Å². The second-order valence-corrected chi connectivity index (χ2v) is 4.80. The van der Waals surface area contributed by atoms with Crippen molar-refractivity contribution >= 4 is 23.5 Å². The van der Waals surface area contributed by atoms with Crippen LogP contribution >= 0.6 is 11.8 Å². The number of likely N-dealkylation sites (tertiary alicyclic amines) is 1. The highest BCUT2D eigenvalue weighted by molar-refractivity contribution is 8.00. The van der Waals surface area contributed by atoms with Gasteiger partial charge in [0.25, 0.3) is 0 Å². The van der Waals surface area contributed by atoms with Crippen molar-refractivity contribution in [1.82, 2.24) is 4.90 Å².